The van der Waals surface area contributed by atoms with Crippen LogP contribution < -0.4 is 5.32 Å². The Morgan fingerprint density at radius 1 is 1.25 bits per heavy atom. The first-order chi connectivity index (χ1) is 7.27. The second-order valence-corrected chi connectivity index (χ2v) is 5.20. The average Bonchev–Trinajstić information content (AvgIpc) is 2.12. The summed E-state index contributed by atoms with van der Waals surface area (Å²) in [6.45, 7) is 7.56. The molecule has 16 heavy (non-hydrogen) atoms. The van der Waals surface area contributed by atoms with Crippen molar-refractivity contribution in [2.75, 3.05) is 6.61 Å². The Labute approximate surface area is 97.4 Å². The Morgan fingerprint density at radius 3 is 2.19 bits per heavy atom. The van der Waals surface area contributed by atoms with Crippen LogP contribution in [0.1, 0.15) is 47.0 Å². The van der Waals surface area contributed by atoms with Crippen LogP contribution in [0.25, 0.3) is 0 Å². The van der Waals surface area contributed by atoms with Gasteiger partial charge in [-0.15, -0.1) is 0 Å². The minimum atomic E-state index is -0.122. The van der Waals surface area contributed by atoms with Gasteiger partial charge >= 0.3 is 0 Å². The second-order valence-electron chi connectivity index (χ2n) is 5.20. The molecule has 0 heterocycles. The molecule has 2 N–H and O–H groups in total. The molecule has 0 fully saturated rings. The molecule has 0 radical (unpaired) electrons. The summed E-state index contributed by atoms with van der Waals surface area (Å²) >= 11 is 0. The fourth-order valence-electron chi connectivity index (χ4n) is 1.41. The van der Waals surface area contributed by atoms with Crippen LogP contribution in [0.2, 0.25) is 0 Å². The van der Waals surface area contributed by atoms with Crippen molar-refractivity contribution in [1.29, 1.82) is 0 Å². The highest BCUT2D eigenvalue weighted by Crippen LogP contribution is 2.21. The van der Waals surface area contributed by atoms with E-state index in [0.717, 1.165) is 0 Å². The van der Waals surface area contributed by atoms with Gasteiger partial charge < -0.3 is 15.2 Å². The van der Waals surface area contributed by atoms with Gasteiger partial charge in [0.1, 0.15) is 5.78 Å². The van der Waals surface area contributed by atoms with Gasteiger partial charge in [0.05, 0.1) is 0 Å². The van der Waals surface area contributed by atoms with Crippen LogP contribution >= 0.6 is 0 Å². The number of ketones is 1. The first kappa shape index (κ1) is 15.1. The fourth-order valence-corrected chi connectivity index (χ4v) is 1.41. The normalized spacial score (nSPS) is 13.3. The molecule has 0 saturated carbocycles. The standard InChI is InChI=1S/C12H23NO3/c1-9(15)5-6-11(16)13-10(7-8-14)12(2,3)4/h10,14H,5-8H2,1-4H3,(H,13,16). The van der Waals surface area contributed by atoms with Crippen molar-refractivity contribution in [2.45, 2.75) is 53.0 Å². The molecule has 1 atom stereocenters. The molecule has 1 unspecified atom stereocenters. The molecule has 0 bridgehead atoms. The molecule has 4 heteroatoms. The van der Waals surface area contributed by atoms with E-state index in [-0.39, 0.29) is 42.6 Å². The monoisotopic (exact) mass is 229 g/mol. The predicted molar refractivity (Wildman–Crippen MR) is 63.0 cm³/mol. The van der Waals surface area contributed by atoms with Gasteiger partial charge in [0.25, 0.3) is 0 Å². The Bertz CT molecular complexity index is 243. The van der Waals surface area contributed by atoms with Crippen LogP contribution in [0, 0.1) is 5.41 Å². The van der Waals surface area contributed by atoms with Crippen LogP contribution in [0.4, 0.5) is 0 Å². The quantitative estimate of drug-likeness (QED) is 0.720. The number of aliphatic hydroxyl groups is 1. The van der Waals surface area contributed by atoms with Gasteiger partial charge in [0, 0.05) is 25.5 Å². The van der Waals surface area contributed by atoms with Crippen LogP contribution in [-0.2, 0) is 9.59 Å². The van der Waals surface area contributed by atoms with Gasteiger partial charge in [-0.25, -0.2) is 0 Å². The van der Waals surface area contributed by atoms with E-state index in [4.69, 9.17) is 5.11 Å². The SMILES string of the molecule is CC(=O)CCC(=O)NC(CCO)C(C)(C)C. The largest absolute Gasteiger partial charge is 0.396 e. The number of aliphatic hydroxyl groups excluding tert-OH is 1. The number of rotatable bonds is 6. The number of hydrogen-bond acceptors (Lipinski definition) is 3. The van der Waals surface area contributed by atoms with Gasteiger partial charge in [0.15, 0.2) is 0 Å². The Morgan fingerprint density at radius 2 is 1.81 bits per heavy atom. The minimum Gasteiger partial charge on any atom is -0.396 e. The number of Topliss-reactive ketones (excluding diaryl/α,β-unsaturated/α-hetero) is 1. The summed E-state index contributed by atoms with van der Waals surface area (Å²) in [5, 5.41) is 11.8. The molecule has 0 spiro atoms. The summed E-state index contributed by atoms with van der Waals surface area (Å²) in [4.78, 5) is 22.3. The highest BCUT2D eigenvalue weighted by Gasteiger charge is 2.25. The zero-order valence-corrected chi connectivity index (χ0v) is 10.7. The van der Waals surface area contributed by atoms with Crippen molar-refractivity contribution < 1.29 is 14.7 Å². The predicted octanol–water partition coefficient (Wildman–Crippen LogP) is 1.27. The first-order valence-corrected chi connectivity index (χ1v) is 5.67. The molecule has 4 nitrogen and oxygen atoms in total. The lowest BCUT2D eigenvalue weighted by atomic mass is 9.85. The molecule has 0 aliphatic rings. The Kier molecular flexibility index (Phi) is 6.26. The van der Waals surface area contributed by atoms with Gasteiger partial charge in [-0.3, -0.25) is 4.79 Å². The summed E-state index contributed by atoms with van der Waals surface area (Å²) in [5.74, 6) is -0.104. The fraction of sp³-hybridized carbons (Fsp3) is 0.833. The van der Waals surface area contributed by atoms with E-state index in [2.05, 4.69) is 5.32 Å². The first-order valence-electron chi connectivity index (χ1n) is 5.67. The topological polar surface area (TPSA) is 66.4 Å². The maximum Gasteiger partial charge on any atom is 0.220 e. The van der Waals surface area contributed by atoms with Crippen molar-refractivity contribution in [2.24, 2.45) is 5.41 Å². The highest BCUT2D eigenvalue weighted by atomic mass is 16.3. The molecule has 0 rings (SSSR count). The van der Waals surface area contributed by atoms with Crippen molar-refractivity contribution in [3.05, 3.63) is 0 Å². The molecular formula is C12H23NO3. The summed E-state index contributed by atoms with van der Waals surface area (Å²) in [7, 11) is 0. The van der Waals surface area contributed by atoms with Gasteiger partial charge in [-0.05, 0) is 18.8 Å². The third-order valence-corrected chi connectivity index (χ3v) is 2.50. The average molecular weight is 229 g/mol. The van der Waals surface area contributed by atoms with E-state index in [1.165, 1.54) is 6.92 Å². The molecular weight excluding hydrogens is 206 g/mol. The Balaban J connectivity index is 4.19. The smallest absolute Gasteiger partial charge is 0.220 e. The maximum atomic E-state index is 11.5. The lowest BCUT2D eigenvalue weighted by Gasteiger charge is -2.31. The molecule has 0 aliphatic heterocycles. The number of nitrogens with one attached hydrogen (secondary N) is 1. The van der Waals surface area contributed by atoms with Crippen LogP contribution in [0.3, 0.4) is 0 Å². The second kappa shape index (κ2) is 6.63. The van der Waals surface area contributed by atoms with Gasteiger partial charge in [-0.2, -0.15) is 0 Å². The van der Waals surface area contributed by atoms with Crippen LogP contribution in [0.15, 0.2) is 0 Å². The van der Waals surface area contributed by atoms with Crippen molar-refractivity contribution in [3.8, 4) is 0 Å². The molecule has 0 aromatic rings. The summed E-state index contributed by atoms with van der Waals surface area (Å²) in [6, 6.07) is -0.0584. The van der Waals surface area contributed by atoms with Crippen molar-refractivity contribution in [1.82, 2.24) is 5.32 Å². The van der Waals surface area contributed by atoms with E-state index < -0.39 is 0 Å². The van der Waals surface area contributed by atoms with Crippen LogP contribution in [-0.4, -0.2) is 29.4 Å². The number of amides is 1. The summed E-state index contributed by atoms with van der Waals surface area (Å²) in [6.07, 6.45) is 1.05. The minimum absolute atomic E-state index is 0.0182. The lowest BCUT2D eigenvalue weighted by Crippen LogP contribution is -2.44. The van der Waals surface area contributed by atoms with Gasteiger partial charge in [0.2, 0.25) is 5.91 Å². The zero-order valence-electron chi connectivity index (χ0n) is 10.7. The number of carbonyl (C=O) groups excluding carboxylic acids is 2. The van der Waals surface area contributed by atoms with Crippen molar-refractivity contribution in [3.63, 3.8) is 0 Å². The van der Waals surface area contributed by atoms with E-state index >= 15 is 0 Å². The summed E-state index contributed by atoms with van der Waals surface area (Å²) in [5.41, 5.74) is -0.0887. The molecule has 1 amide bonds. The highest BCUT2D eigenvalue weighted by molar-refractivity contribution is 5.83. The van der Waals surface area contributed by atoms with Gasteiger partial charge in [-0.1, -0.05) is 20.8 Å². The van der Waals surface area contributed by atoms with E-state index in [1.807, 2.05) is 20.8 Å². The number of hydrogen-bond donors (Lipinski definition) is 2. The summed E-state index contributed by atoms with van der Waals surface area (Å²) < 4.78 is 0. The molecule has 0 aliphatic carbocycles. The number of carbonyl (C=O) groups is 2. The van der Waals surface area contributed by atoms with E-state index in [9.17, 15) is 9.59 Å². The van der Waals surface area contributed by atoms with E-state index in [0.29, 0.717) is 6.42 Å². The maximum absolute atomic E-state index is 11.5. The molecule has 0 saturated heterocycles. The third-order valence-electron chi connectivity index (χ3n) is 2.50. The zero-order chi connectivity index (χ0) is 12.8. The molecule has 0 aromatic carbocycles. The molecule has 94 valence electrons. The van der Waals surface area contributed by atoms with Crippen molar-refractivity contribution >= 4 is 11.7 Å². The van der Waals surface area contributed by atoms with E-state index in [1.54, 1.807) is 0 Å². The van der Waals surface area contributed by atoms with Crippen LogP contribution in [0.5, 0.6) is 0 Å². The third kappa shape index (κ3) is 6.56. The lowest BCUT2D eigenvalue weighted by molar-refractivity contribution is -0.125. The molecule has 0 aromatic heterocycles. The Hall–Kier alpha value is -0.900.